The fourth-order valence-electron chi connectivity index (χ4n) is 3.31. The monoisotopic (exact) mass is 206 g/mol. The van der Waals surface area contributed by atoms with Crippen LogP contribution < -0.4 is 0 Å². The molecule has 0 heterocycles. The molecule has 0 aromatic heterocycles. The van der Waals surface area contributed by atoms with Crippen LogP contribution in [0.2, 0.25) is 0 Å². The average molecular weight is 206 g/mol. The third-order valence-corrected chi connectivity index (χ3v) is 4.51. The maximum absolute atomic E-state index is 10.5. The van der Waals surface area contributed by atoms with Crippen molar-refractivity contribution in [1.29, 1.82) is 5.26 Å². The molecule has 0 aromatic rings. The Morgan fingerprint density at radius 2 is 2.20 bits per heavy atom. The molecule has 3 atom stereocenters. The normalized spacial score (nSPS) is 44.6. The summed E-state index contributed by atoms with van der Waals surface area (Å²) in [6.45, 7) is 6.47. The summed E-state index contributed by atoms with van der Waals surface area (Å²) in [4.78, 5) is 4.21. The molecule has 3 fully saturated rings. The van der Waals surface area contributed by atoms with Crippen LogP contribution in [0.25, 0.3) is 0 Å². The smallest absolute Gasteiger partial charge is 0.126 e. The van der Waals surface area contributed by atoms with Crippen LogP contribution in [-0.2, 0) is 0 Å². The van der Waals surface area contributed by atoms with Gasteiger partial charge in [0.2, 0.25) is 0 Å². The van der Waals surface area contributed by atoms with Crippen molar-refractivity contribution in [2.75, 3.05) is 6.54 Å². The molecule has 0 aromatic carbocycles. The molecular formula is C12H18N2O. The summed E-state index contributed by atoms with van der Waals surface area (Å²) in [5, 5.41) is 19.0. The van der Waals surface area contributed by atoms with E-state index in [1.54, 1.807) is 0 Å². The van der Waals surface area contributed by atoms with Gasteiger partial charge in [-0.1, -0.05) is 13.8 Å². The van der Waals surface area contributed by atoms with Crippen LogP contribution in [0.3, 0.4) is 0 Å². The molecule has 0 spiro atoms. The number of fused-ring (bicyclic) bond motifs is 2. The van der Waals surface area contributed by atoms with Gasteiger partial charge in [0.1, 0.15) is 12.1 Å². The van der Waals surface area contributed by atoms with Gasteiger partial charge in [0.05, 0.1) is 6.07 Å². The molecule has 2 bridgehead atoms. The zero-order valence-electron chi connectivity index (χ0n) is 9.62. The van der Waals surface area contributed by atoms with Crippen LogP contribution in [-0.4, -0.2) is 23.0 Å². The first-order valence-electron chi connectivity index (χ1n) is 5.53. The van der Waals surface area contributed by atoms with Crippen molar-refractivity contribution >= 4 is 5.71 Å². The molecule has 15 heavy (non-hydrogen) atoms. The van der Waals surface area contributed by atoms with Gasteiger partial charge in [-0.05, 0) is 37.0 Å². The van der Waals surface area contributed by atoms with Crippen LogP contribution >= 0.6 is 0 Å². The van der Waals surface area contributed by atoms with E-state index in [0.717, 1.165) is 18.6 Å². The third kappa shape index (κ3) is 1.32. The second kappa shape index (κ2) is 3.05. The first-order chi connectivity index (χ1) is 6.90. The predicted octanol–water partition coefficient (Wildman–Crippen LogP) is 1.77. The number of aliphatic hydroxyl groups is 1. The van der Waals surface area contributed by atoms with Crippen LogP contribution in [0.4, 0.5) is 0 Å². The van der Waals surface area contributed by atoms with E-state index >= 15 is 0 Å². The van der Waals surface area contributed by atoms with Crippen LogP contribution in [0, 0.1) is 28.6 Å². The molecule has 3 nitrogen and oxygen atoms in total. The Morgan fingerprint density at radius 3 is 2.67 bits per heavy atom. The molecule has 0 aliphatic heterocycles. The molecule has 3 aliphatic carbocycles. The fraction of sp³-hybridized carbons (Fsp3) is 0.833. The molecular weight excluding hydrogens is 188 g/mol. The molecule has 82 valence electrons. The largest absolute Gasteiger partial charge is 0.384 e. The lowest BCUT2D eigenvalue weighted by Crippen LogP contribution is -2.64. The SMILES string of the molecule is CC1(C)[C@@H]2CC(=NCC#N)[C@@](C)(O)[C@H]1C2. The lowest BCUT2D eigenvalue weighted by molar-refractivity contribution is -0.134. The maximum Gasteiger partial charge on any atom is 0.126 e. The van der Waals surface area contributed by atoms with E-state index in [4.69, 9.17) is 5.26 Å². The van der Waals surface area contributed by atoms with Gasteiger partial charge in [-0.15, -0.1) is 0 Å². The van der Waals surface area contributed by atoms with Gasteiger partial charge in [-0.25, -0.2) is 0 Å². The van der Waals surface area contributed by atoms with Gasteiger partial charge in [0, 0.05) is 5.71 Å². The molecule has 3 rings (SSSR count). The summed E-state index contributed by atoms with van der Waals surface area (Å²) in [6, 6.07) is 2.00. The summed E-state index contributed by atoms with van der Waals surface area (Å²) in [7, 11) is 0. The zero-order valence-corrected chi connectivity index (χ0v) is 9.62. The summed E-state index contributed by atoms with van der Waals surface area (Å²) < 4.78 is 0. The van der Waals surface area contributed by atoms with Gasteiger partial charge in [0.15, 0.2) is 0 Å². The van der Waals surface area contributed by atoms with Crippen LogP contribution in [0.5, 0.6) is 0 Å². The highest BCUT2D eigenvalue weighted by Gasteiger charge is 2.61. The molecule has 3 saturated carbocycles. The van der Waals surface area contributed by atoms with Crippen LogP contribution in [0.1, 0.15) is 33.6 Å². The summed E-state index contributed by atoms with van der Waals surface area (Å²) in [6.07, 6.45) is 1.96. The van der Waals surface area contributed by atoms with Gasteiger partial charge in [0.25, 0.3) is 0 Å². The van der Waals surface area contributed by atoms with Gasteiger partial charge in [-0.2, -0.15) is 5.26 Å². The zero-order chi connectivity index (χ0) is 11.3. The minimum absolute atomic E-state index is 0.172. The van der Waals surface area contributed by atoms with Crippen molar-refractivity contribution in [2.45, 2.75) is 39.2 Å². The Labute approximate surface area is 90.8 Å². The first kappa shape index (κ1) is 10.6. The van der Waals surface area contributed by atoms with Gasteiger partial charge >= 0.3 is 0 Å². The highest BCUT2D eigenvalue weighted by molar-refractivity contribution is 5.94. The van der Waals surface area contributed by atoms with Crippen molar-refractivity contribution in [2.24, 2.45) is 22.2 Å². The molecule has 1 N–H and O–H groups in total. The van der Waals surface area contributed by atoms with E-state index in [2.05, 4.69) is 18.8 Å². The fourth-order valence-corrected chi connectivity index (χ4v) is 3.31. The molecule has 0 radical (unpaired) electrons. The minimum Gasteiger partial charge on any atom is -0.384 e. The van der Waals surface area contributed by atoms with E-state index in [0.29, 0.717) is 11.8 Å². The van der Waals surface area contributed by atoms with Gasteiger partial charge in [-0.3, -0.25) is 4.99 Å². The summed E-state index contributed by atoms with van der Waals surface area (Å²) in [5.74, 6) is 0.946. The Kier molecular flexibility index (Phi) is 2.16. The third-order valence-electron chi connectivity index (χ3n) is 4.51. The van der Waals surface area contributed by atoms with E-state index < -0.39 is 5.60 Å². The highest BCUT2D eigenvalue weighted by Crippen LogP contribution is 2.61. The lowest BCUT2D eigenvalue weighted by Gasteiger charge is -2.62. The number of aliphatic imine (C=N–C) groups is 1. The molecule has 3 heteroatoms. The second-order valence-electron chi connectivity index (χ2n) is 5.58. The number of hydrogen-bond acceptors (Lipinski definition) is 3. The summed E-state index contributed by atoms with van der Waals surface area (Å²) >= 11 is 0. The number of rotatable bonds is 1. The molecule has 0 amide bonds. The van der Waals surface area contributed by atoms with Crippen molar-refractivity contribution in [1.82, 2.24) is 0 Å². The molecule has 3 aliphatic rings. The minimum atomic E-state index is -0.797. The molecule has 0 unspecified atom stereocenters. The Hall–Kier alpha value is -0.880. The summed E-state index contributed by atoms with van der Waals surface area (Å²) in [5.41, 5.74) is 0.272. The average Bonchev–Trinajstić information content (AvgIpc) is 2.14. The number of hydrogen-bond donors (Lipinski definition) is 1. The highest BCUT2D eigenvalue weighted by atomic mass is 16.3. The Morgan fingerprint density at radius 1 is 1.53 bits per heavy atom. The van der Waals surface area contributed by atoms with Crippen molar-refractivity contribution in [3.63, 3.8) is 0 Å². The van der Waals surface area contributed by atoms with Crippen molar-refractivity contribution < 1.29 is 5.11 Å². The van der Waals surface area contributed by atoms with Crippen LogP contribution in [0.15, 0.2) is 4.99 Å². The maximum atomic E-state index is 10.5. The molecule has 0 saturated heterocycles. The number of nitriles is 1. The van der Waals surface area contributed by atoms with E-state index in [-0.39, 0.29) is 12.0 Å². The Bertz CT molecular complexity index is 349. The predicted molar refractivity (Wildman–Crippen MR) is 58.5 cm³/mol. The second-order valence-corrected chi connectivity index (χ2v) is 5.58. The van der Waals surface area contributed by atoms with E-state index in [1.165, 1.54) is 0 Å². The topological polar surface area (TPSA) is 56.4 Å². The van der Waals surface area contributed by atoms with E-state index in [1.807, 2.05) is 13.0 Å². The van der Waals surface area contributed by atoms with E-state index in [9.17, 15) is 5.11 Å². The number of nitrogens with zero attached hydrogens (tertiary/aromatic N) is 2. The van der Waals surface area contributed by atoms with Crippen molar-refractivity contribution in [3.05, 3.63) is 0 Å². The Balaban J connectivity index is 2.25. The first-order valence-corrected chi connectivity index (χ1v) is 5.53. The lowest BCUT2D eigenvalue weighted by atomic mass is 9.44. The van der Waals surface area contributed by atoms with Crippen molar-refractivity contribution in [3.8, 4) is 6.07 Å². The quantitative estimate of drug-likeness (QED) is 0.665. The van der Waals surface area contributed by atoms with Gasteiger partial charge < -0.3 is 5.11 Å². The standard InChI is InChI=1S/C12H18N2O/c1-11(2)8-6-9(11)12(3,15)10(7-8)14-5-4-13/h8-9,15H,5-7H2,1-3H3/t8-,9-,12-/m0/s1.